The van der Waals surface area contributed by atoms with Crippen LogP contribution in [0.15, 0.2) is 54.9 Å². The fourth-order valence-electron chi connectivity index (χ4n) is 1.98. The Kier molecular flexibility index (Phi) is 7.25. The van der Waals surface area contributed by atoms with E-state index < -0.39 is 5.91 Å². The maximum absolute atomic E-state index is 11.8. The lowest BCUT2D eigenvalue weighted by Crippen LogP contribution is -3.00. The summed E-state index contributed by atoms with van der Waals surface area (Å²) in [5, 5.41) is 2.85. The molecule has 0 unspecified atom stereocenters. The number of amides is 2. The molecule has 1 aromatic carbocycles. The quantitative estimate of drug-likeness (QED) is 0.554. The topological polar surface area (TPSA) is 76.1 Å². The third-order valence-electron chi connectivity index (χ3n) is 3.05. The van der Waals surface area contributed by atoms with Crippen molar-refractivity contribution < 1.29 is 31.1 Å². The molecule has 0 spiro atoms. The molecule has 0 radical (unpaired) electrons. The SMILES string of the molecule is NC(=O)c1ccc[n+](CC(=O)NCCc2ccccc2)c1.[Br-]. The van der Waals surface area contributed by atoms with Gasteiger partial charge in [-0.3, -0.25) is 9.59 Å². The molecular weight excluding hydrogens is 346 g/mol. The highest BCUT2D eigenvalue weighted by molar-refractivity contribution is 5.92. The van der Waals surface area contributed by atoms with Gasteiger partial charge in [-0.1, -0.05) is 30.3 Å². The molecule has 0 aliphatic carbocycles. The van der Waals surface area contributed by atoms with Crippen molar-refractivity contribution in [2.24, 2.45) is 5.73 Å². The van der Waals surface area contributed by atoms with Crippen LogP contribution in [0.1, 0.15) is 15.9 Å². The highest BCUT2D eigenvalue weighted by Crippen LogP contribution is 1.98. The molecule has 1 heterocycles. The first-order valence-electron chi connectivity index (χ1n) is 6.74. The van der Waals surface area contributed by atoms with Gasteiger partial charge in [-0.25, -0.2) is 0 Å². The zero-order chi connectivity index (χ0) is 15.1. The Bertz CT molecular complexity index is 632. The molecule has 0 saturated heterocycles. The number of rotatable bonds is 6. The van der Waals surface area contributed by atoms with Gasteiger partial charge in [-0.05, 0) is 18.1 Å². The van der Waals surface area contributed by atoms with Gasteiger partial charge in [-0.15, -0.1) is 0 Å². The van der Waals surface area contributed by atoms with Gasteiger partial charge in [0.25, 0.3) is 11.8 Å². The smallest absolute Gasteiger partial charge is 0.285 e. The number of primary amides is 1. The number of hydrogen-bond donors (Lipinski definition) is 2. The molecule has 0 bridgehead atoms. The number of carbonyl (C=O) groups is 2. The number of hydrogen-bond acceptors (Lipinski definition) is 2. The van der Waals surface area contributed by atoms with E-state index in [-0.39, 0.29) is 29.4 Å². The fraction of sp³-hybridized carbons (Fsp3) is 0.188. The van der Waals surface area contributed by atoms with Crippen molar-refractivity contribution in [3.05, 3.63) is 66.0 Å². The molecule has 0 aliphatic heterocycles. The highest BCUT2D eigenvalue weighted by atomic mass is 79.9. The van der Waals surface area contributed by atoms with E-state index in [0.29, 0.717) is 12.1 Å². The first-order valence-corrected chi connectivity index (χ1v) is 6.74. The Balaban J connectivity index is 0.00000242. The van der Waals surface area contributed by atoms with Gasteiger partial charge in [-0.2, -0.15) is 4.57 Å². The van der Waals surface area contributed by atoms with E-state index in [2.05, 4.69) is 5.32 Å². The van der Waals surface area contributed by atoms with E-state index >= 15 is 0 Å². The second kappa shape index (κ2) is 8.94. The minimum absolute atomic E-state index is 0. The number of aromatic nitrogens is 1. The molecule has 0 fully saturated rings. The molecule has 0 saturated carbocycles. The molecule has 116 valence electrons. The molecule has 0 atom stereocenters. The Hall–Kier alpha value is -2.21. The zero-order valence-corrected chi connectivity index (χ0v) is 13.6. The van der Waals surface area contributed by atoms with Gasteiger partial charge in [0.2, 0.25) is 6.54 Å². The van der Waals surface area contributed by atoms with E-state index in [1.807, 2.05) is 30.3 Å². The highest BCUT2D eigenvalue weighted by Gasteiger charge is 2.11. The van der Waals surface area contributed by atoms with Crippen LogP contribution in [-0.4, -0.2) is 18.4 Å². The van der Waals surface area contributed by atoms with Crippen molar-refractivity contribution in [2.45, 2.75) is 13.0 Å². The van der Waals surface area contributed by atoms with Crippen molar-refractivity contribution in [1.82, 2.24) is 5.32 Å². The second-order valence-corrected chi connectivity index (χ2v) is 4.71. The van der Waals surface area contributed by atoms with E-state index in [1.54, 1.807) is 29.1 Å². The standard InChI is InChI=1S/C16H17N3O2.BrH/c17-16(21)14-7-4-10-19(11-14)12-15(20)18-9-8-13-5-2-1-3-6-13;/h1-7,10-11H,8-9,12H2,(H2-,17,18,20,21);1H. The number of nitrogens with two attached hydrogens (primary N) is 1. The average molecular weight is 364 g/mol. The van der Waals surface area contributed by atoms with Crippen LogP contribution in [-0.2, 0) is 17.8 Å². The summed E-state index contributed by atoms with van der Waals surface area (Å²) in [6.45, 7) is 0.745. The lowest BCUT2D eigenvalue weighted by Gasteiger charge is -2.03. The van der Waals surface area contributed by atoms with Gasteiger partial charge in [0.05, 0.1) is 0 Å². The van der Waals surface area contributed by atoms with Gasteiger partial charge < -0.3 is 28.0 Å². The molecule has 2 aromatic rings. The summed E-state index contributed by atoms with van der Waals surface area (Å²) in [6.07, 6.45) is 4.08. The van der Waals surface area contributed by atoms with Crippen molar-refractivity contribution >= 4 is 11.8 Å². The minimum atomic E-state index is -0.506. The number of benzene rings is 1. The molecule has 0 aliphatic rings. The number of carbonyl (C=O) groups excluding carboxylic acids is 2. The molecule has 2 amide bonds. The van der Waals surface area contributed by atoms with Crippen molar-refractivity contribution in [3.8, 4) is 0 Å². The van der Waals surface area contributed by atoms with Crippen LogP contribution in [0.3, 0.4) is 0 Å². The molecule has 3 N–H and O–H groups in total. The van der Waals surface area contributed by atoms with E-state index in [9.17, 15) is 9.59 Å². The molecule has 1 aromatic heterocycles. The predicted octanol–water partition coefficient (Wildman–Crippen LogP) is -2.56. The fourth-order valence-corrected chi connectivity index (χ4v) is 1.98. The van der Waals surface area contributed by atoms with E-state index in [0.717, 1.165) is 6.42 Å². The van der Waals surface area contributed by atoms with Crippen LogP contribution in [0.5, 0.6) is 0 Å². The zero-order valence-electron chi connectivity index (χ0n) is 12.0. The first kappa shape index (κ1) is 17.8. The third kappa shape index (κ3) is 5.65. The number of halogens is 1. The Morgan fingerprint density at radius 1 is 1.09 bits per heavy atom. The van der Waals surface area contributed by atoms with Gasteiger partial charge in [0.15, 0.2) is 12.4 Å². The van der Waals surface area contributed by atoms with Gasteiger partial charge in [0, 0.05) is 12.6 Å². The number of pyridine rings is 1. The summed E-state index contributed by atoms with van der Waals surface area (Å²) in [7, 11) is 0. The van der Waals surface area contributed by atoms with E-state index in [4.69, 9.17) is 5.73 Å². The van der Waals surface area contributed by atoms with Crippen LogP contribution in [0, 0.1) is 0 Å². The molecule has 22 heavy (non-hydrogen) atoms. The van der Waals surface area contributed by atoms with Crippen LogP contribution >= 0.6 is 0 Å². The Labute approximate surface area is 139 Å². The maximum atomic E-state index is 11.8. The summed E-state index contributed by atoms with van der Waals surface area (Å²) >= 11 is 0. The number of nitrogens with zero attached hydrogens (tertiary/aromatic N) is 1. The van der Waals surface area contributed by atoms with Crippen molar-refractivity contribution in [2.75, 3.05) is 6.54 Å². The van der Waals surface area contributed by atoms with Crippen LogP contribution in [0.25, 0.3) is 0 Å². The summed E-state index contributed by atoms with van der Waals surface area (Å²) in [4.78, 5) is 22.9. The van der Waals surface area contributed by atoms with Crippen molar-refractivity contribution in [1.29, 1.82) is 0 Å². The summed E-state index contributed by atoms with van der Waals surface area (Å²) < 4.78 is 1.64. The average Bonchev–Trinajstić information content (AvgIpc) is 2.48. The molecule has 2 rings (SSSR count). The summed E-state index contributed by atoms with van der Waals surface area (Å²) in [5.41, 5.74) is 6.77. The molecular formula is C16H18BrN3O2. The monoisotopic (exact) mass is 363 g/mol. The largest absolute Gasteiger partial charge is 1.00 e. The number of nitrogens with one attached hydrogen (secondary N) is 1. The molecule has 5 nitrogen and oxygen atoms in total. The lowest BCUT2D eigenvalue weighted by molar-refractivity contribution is -0.684. The second-order valence-electron chi connectivity index (χ2n) is 4.71. The maximum Gasteiger partial charge on any atom is 0.285 e. The van der Waals surface area contributed by atoms with Crippen molar-refractivity contribution in [3.63, 3.8) is 0 Å². The summed E-state index contributed by atoms with van der Waals surface area (Å²) in [6, 6.07) is 13.3. The summed E-state index contributed by atoms with van der Waals surface area (Å²) in [5.74, 6) is -0.605. The Morgan fingerprint density at radius 3 is 2.50 bits per heavy atom. The van der Waals surface area contributed by atoms with Crippen LogP contribution < -0.4 is 32.6 Å². The van der Waals surface area contributed by atoms with E-state index in [1.165, 1.54) is 5.56 Å². The third-order valence-corrected chi connectivity index (χ3v) is 3.05. The normalized spacial score (nSPS) is 9.64. The van der Waals surface area contributed by atoms with Crippen LogP contribution in [0.2, 0.25) is 0 Å². The Morgan fingerprint density at radius 2 is 1.82 bits per heavy atom. The lowest BCUT2D eigenvalue weighted by atomic mass is 10.1. The molecule has 6 heteroatoms. The predicted molar refractivity (Wildman–Crippen MR) is 78.3 cm³/mol. The van der Waals surface area contributed by atoms with Gasteiger partial charge in [0.1, 0.15) is 5.56 Å². The van der Waals surface area contributed by atoms with Crippen LogP contribution in [0.4, 0.5) is 0 Å². The van der Waals surface area contributed by atoms with Gasteiger partial charge >= 0.3 is 0 Å². The first-order chi connectivity index (χ1) is 10.1. The minimum Gasteiger partial charge on any atom is -1.00 e.